The maximum atomic E-state index is 5.84. The number of piperazine rings is 1. The summed E-state index contributed by atoms with van der Waals surface area (Å²) >= 11 is 5.17. The van der Waals surface area contributed by atoms with Gasteiger partial charge in [-0.05, 0) is 26.9 Å². The van der Waals surface area contributed by atoms with E-state index < -0.39 is 0 Å². The second-order valence-electron chi connectivity index (χ2n) is 5.78. The molecule has 0 saturated carbocycles. The van der Waals surface area contributed by atoms with Crippen LogP contribution in [0.15, 0.2) is 0 Å². The summed E-state index contributed by atoms with van der Waals surface area (Å²) in [6.07, 6.45) is 0. The lowest BCUT2D eigenvalue weighted by atomic mass is 10.0. The van der Waals surface area contributed by atoms with E-state index in [1.165, 1.54) is 13.1 Å². The van der Waals surface area contributed by atoms with Gasteiger partial charge in [0.2, 0.25) is 0 Å². The van der Waals surface area contributed by atoms with Crippen molar-refractivity contribution in [3.8, 4) is 0 Å². The van der Waals surface area contributed by atoms with Gasteiger partial charge in [-0.1, -0.05) is 26.1 Å². The molecule has 0 radical (unpaired) electrons. The second-order valence-corrected chi connectivity index (χ2v) is 6.22. The third kappa shape index (κ3) is 4.67. The zero-order valence-electron chi connectivity index (χ0n) is 13.0. The molecular weight excluding hydrogens is 256 g/mol. The molecule has 1 aliphatic rings. The van der Waals surface area contributed by atoms with Crippen molar-refractivity contribution >= 4 is 17.2 Å². The lowest BCUT2D eigenvalue weighted by molar-refractivity contribution is 0.0798. The number of thiocarbonyl (C=S) groups is 1. The summed E-state index contributed by atoms with van der Waals surface area (Å²) in [5.74, 6) is 0. The zero-order valence-corrected chi connectivity index (χ0v) is 13.8. The normalized spacial score (nSPS) is 19.0. The lowest BCUT2D eigenvalue weighted by Crippen LogP contribution is -2.59. The Bertz CT molecular complexity index is 281. The molecule has 2 N–H and O–H groups in total. The van der Waals surface area contributed by atoms with Crippen LogP contribution < -0.4 is 5.73 Å². The minimum Gasteiger partial charge on any atom is -0.392 e. The Morgan fingerprint density at radius 3 is 2.11 bits per heavy atom. The van der Waals surface area contributed by atoms with Crippen LogP contribution in [0.4, 0.5) is 0 Å². The fourth-order valence-corrected chi connectivity index (χ4v) is 2.64. The summed E-state index contributed by atoms with van der Waals surface area (Å²) in [6.45, 7) is 17.7. The predicted octanol–water partition coefficient (Wildman–Crippen LogP) is 1.01. The first kappa shape index (κ1) is 16.8. The highest BCUT2D eigenvalue weighted by molar-refractivity contribution is 7.80. The Morgan fingerprint density at radius 2 is 1.68 bits per heavy atom. The topological polar surface area (TPSA) is 35.7 Å². The molecule has 5 heteroatoms. The minimum atomic E-state index is -0.152. The molecule has 1 saturated heterocycles. The smallest absolute Gasteiger partial charge is 0.0928 e. The van der Waals surface area contributed by atoms with E-state index in [1.807, 2.05) is 0 Å². The minimum absolute atomic E-state index is 0.152. The van der Waals surface area contributed by atoms with Crippen molar-refractivity contribution in [1.29, 1.82) is 0 Å². The van der Waals surface area contributed by atoms with Gasteiger partial charge in [0.05, 0.1) is 10.5 Å². The molecule has 112 valence electrons. The first-order valence-corrected chi connectivity index (χ1v) is 7.82. The summed E-state index contributed by atoms with van der Waals surface area (Å²) in [5, 5.41) is 0. The summed E-state index contributed by atoms with van der Waals surface area (Å²) in [5.41, 5.74) is 5.69. The molecule has 1 heterocycles. The fraction of sp³-hybridized carbons (Fsp3) is 0.929. The van der Waals surface area contributed by atoms with E-state index in [0.29, 0.717) is 4.99 Å². The molecule has 0 spiro atoms. The van der Waals surface area contributed by atoms with E-state index in [1.54, 1.807) is 0 Å². The number of nitrogens with two attached hydrogens (primary N) is 1. The fourth-order valence-electron chi connectivity index (χ4n) is 2.51. The molecule has 4 nitrogen and oxygen atoms in total. The van der Waals surface area contributed by atoms with Gasteiger partial charge in [-0.2, -0.15) is 0 Å². The van der Waals surface area contributed by atoms with E-state index >= 15 is 0 Å². The molecule has 1 aliphatic heterocycles. The summed E-state index contributed by atoms with van der Waals surface area (Å²) in [7, 11) is 0. The van der Waals surface area contributed by atoms with Crippen LogP contribution in [-0.2, 0) is 0 Å². The molecule has 0 aromatic heterocycles. The van der Waals surface area contributed by atoms with Crippen molar-refractivity contribution < 1.29 is 0 Å². The van der Waals surface area contributed by atoms with Crippen LogP contribution in [0.2, 0.25) is 0 Å². The van der Waals surface area contributed by atoms with E-state index in [4.69, 9.17) is 18.0 Å². The van der Waals surface area contributed by atoms with Gasteiger partial charge in [0.15, 0.2) is 0 Å². The predicted molar refractivity (Wildman–Crippen MR) is 86.7 cm³/mol. The molecule has 0 aromatic rings. The zero-order chi connectivity index (χ0) is 14.5. The molecule has 0 atom stereocenters. The van der Waals surface area contributed by atoms with E-state index in [9.17, 15) is 0 Å². The van der Waals surface area contributed by atoms with Crippen molar-refractivity contribution in [3.05, 3.63) is 0 Å². The summed E-state index contributed by atoms with van der Waals surface area (Å²) < 4.78 is 0. The number of rotatable bonds is 7. The van der Waals surface area contributed by atoms with E-state index in [-0.39, 0.29) is 5.54 Å². The molecule has 0 unspecified atom stereocenters. The Morgan fingerprint density at radius 1 is 1.16 bits per heavy atom. The van der Waals surface area contributed by atoms with Gasteiger partial charge in [0.1, 0.15) is 0 Å². The van der Waals surface area contributed by atoms with Crippen LogP contribution in [0.25, 0.3) is 0 Å². The highest BCUT2D eigenvalue weighted by atomic mass is 32.1. The molecule has 1 fully saturated rings. The Kier molecular flexibility index (Phi) is 6.66. The average molecular weight is 286 g/mol. The van der Waals surface area contributed by atoms with Crippen LogP contribution >= 0.6 is 12.2 Å². The third-order valence-corrected chi connectivity index (χ3v) is 4.89. The maximum absolute atomic E-state index is 5.84. The van der Waals surface area contributed by atoms with Crippen LogP contribution in [0.3, 0.4) is 0 Å². The number of hydrogen-bond donors (Lipinski definition) is 1. The molecular formula is C14H30N4S. The lowest BCUT2D eigenvalue weighted by Gasteiger charge is -2.43. The Hall–Kier alpha value is -0.230. The average Bonchev–Trinajstić information content (AvgIpc) is 2.40. The molecule has 0 amide bonds. The standard InChI is InChI=1S/C14H30N4S/c1-5-16(6-2)7-8-17-9-11-18(12-10-17)14(3,4)13(15)19/h5-12H2,1-4H3,(H2,15,19). The third-order valence-electron chi connectivity index (χ3n) is 4.39. The summed E-state index contributed by atoms with van der Waals surface area (Å²) in [6, 6.07) is 0. The SMILES string of the molecule is CCN(CC)CCN1CCN(C(C)(C)C(N)=S)CC1. The van der Waals surface area contributed by atoms with Crippen molar-refractivity contribution in [2.45, 2.75) is 33.2 Å². The number of likely N-dealkylation sites (N-methyl/N-ethyl adjacent to an activating group) is 1. The highest BCUT2D eigenvalue weighted by Gasteiger charge is 2.32. The van der Waals surface area contributed by atoms with Gasteiger partial charge in [-0.25, -0.2) is 0 Å². The van der Waals surface area contributed by atoms with E-state index in [0.717, 1.165) is 39.3 Å². The molecule has 0 aromatic carbocycles. The molecule has 19 heavy (non-hydrogen) atoms. The molecule has 0 bridgehead atoms. The Balaban J connectivity index is 2.35. The van der Waals surface area contributed by atoms with Gasteiger partial charge in [0, 0.05) is 39.3 Å². The van der Waals surface area contributed by atoms with Crippen LogP contribution in [0.5, 0.6) is 0 Å². The Labute approximate surface area is 123 Å². The van der Waals surface area contributed by atoms with Crippen LogP contribution in [-0.4, -0.2) is 77.6 Å². The largest absolute Gasteiger partial charge is 0.392 e. The van der Waals surface area contributed by atoms with Gasteiger partial charge in [0.25, 0.3) is 0 Å². The highest BCUT2D eigenvalue weighted by Crippen LogP contribution is 2.17. The van der Waals surface area contributed by atoms with Crippen LogP contribution in [0, 0.1) is 0 Å². The van der Waals surface area contributed by atoms with Crippen molar-refractivity contribution in [2.75, 3.05) is 52.4 Å². The summed E-state index contributed by atoms with van der Waals surface area (Å²) in [4.78, 5) is 8.03. The van der Waals surface area contributed by atoms with Gasteiger partial charge >= 0.3 is 0 Å². The quantitative estimate of drug-likeness (QED) is 0.707. The number of hydrogen-bond acceptors (Lipinski definition) is 4. The molecule has 1 rings (SSSR count). The van der Waals surface area contributed by atoms with Crippen molar-refractivity contribution in [1.82, 2.24) is 14.7 Å². The van der Waals surface area contributed by atoms with Gasteiger partial charge in [-0.15, -0.1) is 0 Å². The van der Waals surface area contributed by atoms with E-state index in [2.05, 4.69) is 42.4 Å². The van der Waals surface area contributed by atoms with Gasteiger partial charge < -0.3 is 10.6 Å². The monoisotopic (exact) mass is 286 g/mol. The van der Waals surface area contributed by atoms with Gasteiger partial charge in [-0.3, -0.25) is 9.80 Å². The molecule has 0 aliphatic carbocycles. The first-order valence-electron chi connectivity index (χ1n) is 7.41. The van der Waals surface area contributed by atoms with Crippen molar-refractivity contribution in [2.24, 2.45) is 5.73 Å². The first-order chi connectivity index (χ1) is 8.91. The maximum Gasteiger partial charge on any atom is 0.0928 e. The van der Waals surface area contributed by atoms with Crippen LogP contribution in [0.1, 0.15) is 27.7 Å². The number of nitrogens with zero attached hydrogens (tertiary/aromatic N) is 3. The van der Waals surface area contributed by atoms with Crippen molar-refractivity contribution in [3.63, 3.8) is 0 Å². The second kappa shape index (κ2) is 7.53.